The summed E-state index contributed by atoms with van der Waals surface area (Å²) < 4.78 is 11.3. The van der Waals surface area contributed by atoms with E-state index in [-0.39, 0.29) is 17.9 Å². The van der Waals surface area contributed by atoms with Crippen molar-refractivity contribution in [3.05, 3.63) is 59.7 Å². The van der Waals surface area contributed by atoms with E-state index in [1.807, 2.05) is 43.3 Å². The van der Waals surface area contributed by atoms with E-state index in [9.17, 15) is 9.59 Å². The number of hydrogen-bond donors (Lipinski definition) is 1. The summed E-state index contributed by atoms with van der Waals surface area (Å²) in [6.07, 6.45) is 6.66. The lowest BCUT2D eigenvalue weighted by Gasteiger charge is -2.31. The number of nitrogens with zero attached hydrogens (tertiary/aromatic N) is 1. The summed E-state index contributed by atoms with van der Waals surface area (Å²) in [4.78, 5) is 28.4. The monoisotopic (exact) mass is 464 g/mol. The van der Waals surface area contributed by atoms with E-state index in [2.05, 4.69) is 17.4 Å². The average Bonchev–Trinajstić information content (AvgIpc) is 3.38. The zero-order chi connectivity index (χ0) is 23.8. The van der Waals surface area contributed by atoms with Gasteiger partial charge in [0.1, 0.15) is 19.3 Å². The van der Waals surface area contributed by atoms with E-state index >= 15 is 0 Å². The SMILES string of the molecule is CCC(C(=O)NC1CCCC1)N(CCc1ccccc1)C(=O)CCc1ccc2c(c1)OCCO2. The molecule has 2 aliphatic rings. The minimum Gasteiger partial charge on any atom is -0.486 e. The van der Waals surface area contributed by atoms with Gasteiger partial charge in [-0.25, -0.2) is 0 Å². The first-order chi connectivity index (χ1) is 16.6. The molecule has 2 amide bonds. The molecule has 0 aromatic heterocycles. The van der Waals surface area contributed by atoms with Crippen molar-refractivity contribution in [1.29, 1.82) is 0 Å². The van der Waals surface area contributed by atoms with Gasteiger partial charge in [-0.3, -0.25) is 9.59 Å². The zero-order valence-electron chi connectivity index (χ0n) is 20.1. The van der Waals surface area contributed by atoms with Crippen molar-refractivity contribution in [2.24, 2.45) is 0 Å². The summed E-state index contributed by atoms with van der Waals surface area (Å²) in [7, 11) is 0. The van der Waals surface area contributed by atoms with Crippen LogP contribution in [0.25, 0.3) is 0 Å². The van der Waals surface area contributed by atoms with Crippen LogP contribution in [0.1, 0.15) is 56.6 Å². The molecule has 0 radical (unpaired) electrons. The number of nitrogens with one attached hydrogen (secondary N) is 1. The number of hydrogen-bond acceptors (Lipinski definition) is 4. The Morgan fingerprint density at radius 2 is 1.71 bits per heavy atom. The second kappa shape index (κ2) is 11.9. The average molecular weight is 465 g/mol. The van der Waals surface area contributed by atoms with Gasteiger partial charge in [-0.05, 0) is 55.4 Å². The maximum atomic E-state index is 13.5. The molecule has 1 atom stereocenters. The van der Waals surface area contributed by atoms with Crippen molar-refractivity contribution in [2.45, 2.75) is 70.4 Å². The first-order valence-corrected chi connectivity index (χ1v) is 12.7. The molecule has 1 fully saturated rings. The summed E-state index contributed by atoms with van der Waals surface area (Å²) in [6, 6.07) is 15.8. The van der Waals surface area contributed by atoms with E-state index < -0.39 is 6.04 Å². The van der Waals surface area contributed by atoms with Gasteiger partial charge in [0.05, 0.1) is 0 Å². The van der Waals surface area contributed by atoms with Gasteiger partial charge < -0.3 is 19.7 Å². The maximum absolute atomic E-state index is 13.5. The fraction of sp³-hybridized carbons (Fsp3) is 0.500. The molecule has 34 heavy (non-hydrogen) atoms. The van der Waals surface area contributed by atoms with Gasteiger partial charge in [-0.1, -0.05) is 56.2 Å². The van der Waals surface area contributed by atoms with Crippen LogP contribution in [0.3, 0.4) is 0 Å². The van der Waals surface area contributed by atoms with E-state index in [1.54, 1.807) is 4.90 Å². The predicted octanol–water partition coefficient (Wildman–Crippen LogP) is 4.30. The smallest absolute Gasteiger partial charge is 0.243 e. The van der Waals surface area contributed by atoms with Crippen LogP contribution in [0, 0.1) is 0 Å². The molecule has 0 spiro atoms. The molecule has 6 heteroatoms. The van der Waals surface area contributed by atoms with E-state index in [1.165, 1.54) is 0 Å². The Morgan fingerprint density at radius 3 is 2.44 bits per heavy atom. The number of aryl methyl sites for hydroxylation is 1. The van der Waals surface area contributed by atoms with Gasteiger partial charge in [0.25, 0.3) is 0 Å². The lowest BCUT2D eigenvalue weighted by atomic mass is 10.0. The number of benzene rings is 2. The standard InChI is InChI=1S/C28H36N2O4/c1-2-24(28(32)29-23-10-6-7-11-23)30(17-16-21-8-4-3-5-9-21)27(31)15-13-22-12-14-25-26(20-22)34-19-18-33-25/h3-5,8-9,12,14,20,23-24H,2,6-7,10-11,13,15-19H2,1H3,(H,29,32). The van der Waals surface area contributed by atoms with Crippen molar-refractivity contribution >= 4 is 11.8 Å². The molecular weight excluding hydrogens is 428 g/mol. The Morgan fingerprint density at radius 1 is 0.971 bits per heavy atom. The summed E-state index contributed by atoms with van der Waals surface area (Å²) >= 11 is 0. The highest BCUT2D eigenvalue weighted by Crippen LogP contribution is 2.31. The number of carbonyl (C=O) groups excluding carboxylic acids is 2. The van der Waals surface area contributed by atoms with E-state index in [0.29, 0.717) is 39.0 Å². The molecule has 182 valence electrons. The van der Waals surface area contributed by atoms with Gasteiger partial charge in [-0.15, -0.1) is 0 Å². The molecule has 0 saturated heterocycles. The predicted molar refractivity (Wildman–Crippen MR) is 132 cm³/mol. The van der Waals surface area contributed by atoms with Crippen molar-refractivity contribution in [3.8, 4) is 11.5 Å². The van der Waals surface area contributed by atoms with Crippen LogP contribution in [0.5, 0.6) is 11.5 Å². The van der Waals surface area contributed by atoms with Crippen LogP contribution in [0.2, 0.25) is 0 Å². The number of carbonyl (C=O) groups is 2. The fourth-order valence-electron chi connectivity index (χ4n) is 4.90. The topological polar surface area (TPSA) is 67.9 Å². The third-order valence-corrected chi connectivity index (χ3v) is 6.81. The Hall–Kier alpha value is -3.02. The second-order valence-electron chi connectivity index (χ2n) is 9.21. The van der Waals surface area contributed by atoms with Crippen LogP contribution >= 0.6 is 0 Å². The van der Waals surface area contributed by atoms with Crippen LogP contribution in [-0.4, -0.2) is 48.6 Å². The number of amides is 2. The highest BCUT2D eigenvalue weighted by atomic mass is 16.6. The lowest BCUT2D eigenvalue weighted by molar-refractivity contribution is -0.141. The molecule has 4 rings (SSSR count). The molecule has 1 aliphatic heterocycles. The van der Waals surface area contributed by atoms with Gasteiger partial charge >= 0.3 is 0 Å². The highest BCUT2D eigenvalue weighted by Gasteiger charge is 2.30. The van der Waals surface area contributed by atoms with Gasteiger partial charge in [0.15, 0.2) is 11.5 Å². The van der Waals surface area contributed by atoms with Gasteiger partial charge in [-0.2, -0.15) is 0 Å². The van der Waals surface area contributed by atoms with Crippen molar-refractivity contribution < 1.29 is 19.1 Å². The molecule has 1 heterocycles. The summed E-state index contributed by atoms with van der Waals surface area (Å²) in [5.74, 6) is 1.48. The zero-order valence-corrected chi connectivity index (χ0v) is 20.1. The number of rotatable bonds is 10. The Balaban J connectivity index is 1.43. The van der Waals surface area contributed by atoms with E-state index in [4.69, 9.17) is 9.47 Å². The minimum absolute atomic E-state index is 0.0132. The van der Waals surface area contributed by atoms with Gasteiger partial charge in [0.2, 0.25) is 11.8 Å². The Labute approximate surface area is 202 Å². The Bertz CT molecular complexity index is 956. The molecule has 6 nitrogen and oxygen atoms in total. The highest BCUT2D eigenvalue weighted by molar-refractivity contribution is 5.88. The minimum atomic E-state index is -0.447. The van der Waals surface area contributed by atoms with Crippen LogP contribution in [0.15, 0.2) is 48.5 Å². The van der Waals surface area contributed by atoms with Crippen LogP contribution < -0.4 is 14.8 Å². The normalized spacial score (nSPS) is 16.1. The summed E-state index contributed by atoms with van der Waals surface area (Å²) in [5.41, 5.74) is 2.20. The lowest BCUT2D eigenvalue weighted by Crippen LogP contribution is -2.51. The molecule has 1 unspecified atom stereocenters. The van der Waals surface area contributed by atoms with Crippen LogP contribution in [-0.2, 0) is 22.4 Å². The van der Waals surface area contributed by atoms with E-state index in [0.717, 1.165) is 54.7 Å². The molecule has 2 aromatic carbocycles. The third kappa shape index (κ3) is 6.31. The molecule has 1 N–H and O–H groups in total. The van der Waals surface area contributed by atoms with Gasteiger partial charge in [0, 0.05) is 19.0 Å². The molecule has 1 aliphatic carbocycles. The summed E-state index contributed by atoms with van der Waals surface area (Å²) in [5, 5.41) is 3.21. The fourth-order valence-corrected chi connectivity index (χ4v) is 4.90. The first-order valence-electron chi connectivity index (χ1n) is 12.7. The van der Waals surface area contributed by atoms with Crippen molar-refractivity contribution in [3.63, 3.8) is 0 Å². The molecule has 1 saturated carbocycles. The quantitative estimate of drug-likeness (QED) is 0.569. The number of fused-ring (bicyclic) bond motifs is 1. The molecule has 2 aromatic rings. The number of ether oxygens (including phenoxy) is 2. The second-order valence-corrected chi connectivity index (χ2v) is 9.21. The molecule has 0 bridgehead atoms. The van der Waals surface area contributed by atoms with Crippen LogP contribution in [0.4, 0.5) is 0 Å². The first kappa shape index (κ1) is 24.1. The van der Waals surface area contributed by atoms with Crippen molar-refractivity contribution in [2.75, 3.05) is 19.8 Å². The van der Waals surface area contributed by atoms with Crippen molar-refractivity contribution in [1.82, 2.24) is 10.2 Å². The summed E-state index contributed by atoms with van der Waals surface area (Å²) in [6.45, 7) is 3.61. The maximum Gasteiger partial charge on any atom is 0.243 e. The third-order valence-electron chi connectivity index (χ3n) is 6.81. The Kier molecular flexibility index (Phi) is 8.45. The molecular formula is C28H36N2O4. The largest absolute Gasteiger partial charge is 0.486 e.